The minimum Gasteiger partial charge on any atom is -0.497 e. The van der Waals surface area contributed by atoms with Crippen LogP contribution in [0.25, 0.3) is 0 Å². The zero-order chi connectivity index (χ0) is 14.5. The van der Waals surface area contributed by atoms with Crippen molar-refractivity contribution in [2.75, 3.05) is 14.2 Å². The van der Waals surface area contributed by atoms with Crippen LogP contribution in [0.2, 0.25) is 0 Å². The maximum atomic E-state index is 12.4. The fourth-order valence-corrected chi connectivity index (χ4v) is 2.98. The zero-order valence-electron chi connectivity index (χ0n) is 11.8. The number of amides is 1. The van der Waals surface area contributed by atoms with Crippen molar-refractivity contribution in [3.63, 3.8) is 0 Å². The van der Waals surface area contributed by atoms with Crippen molar-refractivity contribution in [2.24, 2.45) is 0 Å². The first-order valence-electron chi connectivity index (χ1n) is 6.81. The predicted octanol–water partition coefficient (Wildman–Crippen LogP) is 3.14. The Hall–Kier alpha value is -1.23. The van der Waals surface area contributed by atoms with E-state index in [9.17, 15) is 4.79 Å². The van der Waals surface area contributed by atoms with Crippen LogP contribution < -0.4 is 14.8 Å². The number of alkyl halides is 1. The molecule has 1 fully saturated rings. The Bertz CT molecular complexity index is 470. The van der Waals surface area contributed by atoms with E-state index in [4.69, 9.17) is 9.47 Å². The first kappa shape index (κ1) is 15.2. The monoisotopic (exact) mass is 341 g/mol. The average Bonchev–Trinajstić information content (AvgIpc) is 2.48. The third kappa shape index (κ3) is 3.66. The standard InChI is InChI=1S/C15H20BrNO3/c1-19-12-7-8-14(20-2)13(9-12)15(18)17-11-5-3-10(16)4-6-11/h7-11H,3-6H2,1-2H3,(H,17,18). The maximum absolute atomic E-state index is 12.4. The molecular formula is C15H20BrNO3. The molecule has 0 spiro atoms. The molecule has 1 aliphatic rings. The molecule has 1 aromatic rings. The summed E-state index contributed by atoms with van der Waals surface area (Å²) in [6.45, 7) is 0. The molecule has 4 nitrogen and oxygen atoms in total. The summed E-state index contributed by atoms with van der Waals surface area (Å²) in [4.78, 5) is 13.0. The third-order valence-corrected chi connectivity index (χ3v) is 4.56. The summed E-state index contributed by atoms with van der Waals surface area (Å²) >= 11 is 3.62. The number of nitrogens with one attached hydrogen (secondary N) is 1. The minimum atomic E-state index is -0.0984. The molecule has 0 aromatic heterocycles. The average molecular weight is 342 g/mol. The summed E-state index contributed by atoms with van der Waals surface area (Å²) in [6, 6.07) is 5.49. The van der Waals surface area contributed by atoms with E-state index >= 15 is 0 Å². The molecule has 110 valence electrons. The normalized spacial score (nSPS) is 22.1. The summed E-state index contributed by atoms with van der Waals surface area (Å²) in [5.74, 6) is 1.12. The second-order valence-corrected chi connectivity index (χ2v) is 6.28. The smallest absolute Gasteiger partial charge is 0.255 e. The molecule has 0 atom stereocenters. The second-order valence-electron chi connectivity index (χ2n) is 4.99. The Morgan fingerprint density at radius 2 is 1.90 bits per heavy atom. The molecule has 1 saturated carbocycles. The summed E-state index contributed by atoms with van der Waals surface area (Å²) in [7, 11) is 3.15. The van der Waals surface area contributed by atoms with Gasteiger partial charge in [0.05, 0.1) is 19.8 Å². The van der Waals surface area contributed by atoms with Gasteiger partial charge in [-0.15, -0.1) is 0 Å². The zero-order valence-corrected chi connectivity index (χ0v) is 13.4. The van der Waals surface area contributed by atoms with Gasteiger partial charge in [0.1, 0.15) is 11.5 Å². The number of benzene rings is 1. The van der Waals surface area contributed by atoms with E-state index < -0.39 is 0 Å². The van der Waals surface area contributed by atoms with Crippen LogP contribution in [0, 0.1) is 0 Å². The maximum Gasteiger partial charge on any atom is 0.255 e. The summed E-state index contributed by atoms with van der Waals surface area (Å²) in [5.41, 5.74) is 0.521. The van der Waals surface area contributed by atoms with Gasteiger partial charge in [0.15, 0.2) is 0 Å². The number of carbonyl (C=O) groups excluding carboxylic acids is 1. The molecule has 0 radical (unpaired) electrons. The summed E-state index contributed by atoms with van der Waals surface area (Å²) < 4.78 is 10.4. The fraction of sp³-hybridized carbons (Fsp3) is 0.533. The number of hydrogen-bond donors (Lipinski definition) is 1. The number of methoxy groups -OCH3 is 2. The third-order valence-electron chi connectivity index (χ3n) is 3.64. The number of halogens is 1. The van der Waals surface area contributed by atoms with E-state index in [-0.39, 0.29) is 11.9 Å². The molecule has 1 aliphatic carbocycles. The van der Waals surface area contributed by atoms with E-state index in [1.54, 1.807) is 32.4 Å². The largest absolute Gasteiger partial charge is 0.497 e. The molecule has 0 heterocycles. The van der Waals surface area contributed by atoms with Crippen molar-refractivity contribution in [1.82, 2.24) is 5.32 Å². The lowest BCUT2D eigenvalue weighted by atomic mass is 9.95. The molecule has 1 N–H and O–H groups in total. The first-order valence-corrected chi connectivity index (χ1v) is 7.72. The van der Waals surface area contributed by atoms with Gasteiger partial charge in [-0.2, -0.15) is 0 Å². The van der Waals surface area contributed by atoms with E-state index in [0.717, 1.165) is 25.7 Å². The highest BCUT2D eigenvalue weighted by Crippen LogP contribution is 2.27. The van der Waals surface area contributed by atoms with Crippen LogP contribution in [0.3, 0.4) is 0 Å². The Morgan fingerprint density at radius 3 is 2.50 bits per heavy atom. The highest BCUT2D eigenvalue weighted by atomic mass is 79.9. The number of carbonyl (C=O) groups is 1. The SMILES string of the molecule is COc1ccc(OC)c(C(=O)NC2CCC(Br)CC2)c1. The fourth-order valence-electron chi connectivity index (χ4n) is 2.45. The highest BCUT2D eigenvalue weighted by molar-refractivity contribution is 9.09. The lowest BCUT2D eigenvalue weighted by Crippen LogP contribution is -2.37. The van der Waals surface area contributed by atoms with Gasteiger partial charge in [0, 0.05) is 10.9 Å². The van der Waals surface area contributed by atoms with Crippen molar-refractivity contribution in [3.8, 4) is 11.5 Å². The number of hydrogen-bond acceptors (Lipinski definition) is 3. The van der Waals surface area contributed by atoms with Gasteiger partial charge in [0.2, 0.25) is 0 Å². The molecule has 0 saturated heterocycles. The van der Waals surface area contributed by atoms with E-state index in [1.165, 1.54) is 0 Å². The van der Waals surface area contributed by atoms with Crippen LogP contribution in [-0.2, 0) is 0 Å². The Balaban J connectivity index is 2.08. The highest BCUT2D eigenvalue weighted by Gasteiger charge is 2.22. The van der Waals surface area contributed by atoms with E-state index in [0.29, 0.717) is 21.9 Å². The molecule has 20 heavy (non-hydrogen) atoms. The van der Waals surface area contributed by atoms with Gasteiger partial charge in [-0.3, -0.25) is 4.79 Å². The van der Waals surface area contributed by atoms with Crippen LogP contribution in [0.5, 0.6) is 11.5 Å². The Morgan fingerprint density at radius 1 is 1.20 bits per heavy atom. The molecule has 0 unspecified atom stereocenters. The minimum absolute atomic E-state index is 0.0984. The van der Waals surface area contributed by atoms with Gasteiger partial charge >= 0.3 is 0 Å². The topological polar surface area (TPSA) is 47.6 Å². The van der Waals surface area contributed by atoms with E-state index in [2.05, 4.69) is 21.2 Å². The Kier molecular flexibility index (Phi) is 5.29. The summed E-state index contributed by atoms with van der Waals surface area (Å²) in [6.07, 6.45) is 4.21. The van der Waals surface area contributed by atoms with Crippen LogP contribution >= 0.6 is 15.9 Å². The van der Waals surface area contributed by atoms with Gasteiger partial charge in [0.25, 0.3) is 5.91 Å². The molecule has 5 heteroatoms. The van der Waals surface area contributed by atoms with Crippen molar-refractivity contribution >= 4 is 21.8 Å². The van der Waals surface area contributed by atoms with E-state index in [1.807, 2.05) is 0 Å². The lowest BCUT2D eigenvalue weighted by molar-refractivity contribution is 0.0925. The first-order chi connectivity index (χ1) is 9.63. The van der Waals surface area contributed by atoms with Crippen LogP contribution in [0.1, 0.15) is 36.0 Å². The molecular weight excluding hydrogens is 322 g/mol. The molecule has 0 bridgehead atoms. The molecule has 1 amide bonds. The predicted molar refractivity (Wildman–Crippen MR) is 82.0 cm³/mol. The molecule has 0 aliphatic heterocycles. The summed E-state index contributed by atoms with van der Waals surface area (Å²) in [5, 5.41) is 3.09. The number of rotatable bonds is 4. The Labute approximate surface area is 128 Å². The van der Waals surface area contributed by atoms with Crippen molar-refractivity contribution in [2.45, 2.75) is 36.6 Å². The second kappa shape index (κ2) is 6.97. The van der Waals surface area contributed by atoms with Crippen molar-refractivity contribution in [3.05, 3.63) is 23.8 Å². The quantitative estimate of drug-likeness (QED) is 0.856. The molecule has 1 aromatic carbocycles. The van der Waals surface area contributed by atoms with Crippen LogP contribution in [0.15, 0.2) is 18.2 Å². The van der Waals surface area contributed by atoms with Gasteiger partial charge < -0.3 is 14.8 Å². The van der Waals surface area contributed by atoms with Crippen molar-refractivity contribution in [1.29, 1.82) is 0 Å². The van der Waals surface area contributed by atoms with Crippen LogP contribution in [-0.4, -0.2) is 31.0 Å². The van der Waals surface area contributed by atoms with Gasteiger partial charge in [-0.05, 0) is 43.9 Å². The number of ether oxygens (including phenoxy) is 2. The van der Waals surface area contributed by atoms with Crippen LogP contribution in [0.4, 0.5) is 0 Å². The molecule has 2 rings (SSSR count). The van der Waals surface area contributed by atoms with Gasteiger partial charge in [-0.25, -0.2) is 0 Å². The van der Waals surface area contributed by atoms with Crippen molar-refractivity contribution < 1.29 is 14.3 Å². The lowest BCUT2D eigenvalue weighted by Gasteiger charge is -2.26. The van der Waals surface area contributed by atoms with Gasteiger partial charge in [-0.1, -0.05) is 15.9 Å².